The summed E-state index contributed by atoms with van der Waals surface area (Å²) in [5.41, 5.74) is 2.60. The number of anilines is 1. The Bertz CT molecular complexity index is 1140. The van der Waals surface area contributed by atoms with Crippen LogP contribution in [0.2, 0.25) is 0 Å². The zero-order valence-corrected chi connectivity index (χ0v) is 16.9. The van der Waals surface area contributed by atoms with Gasteiger partial charge in [-0.25, -0.2) is 4.98 Å². The van der Waals surface area contributed by atoms with Gasteiger partial charge in [0.2, 0.25) is 11.8 Å². The van der Waals surface area contributed by atoms with Gasteiger partial charge in [0.05, 0.1) is 28.6 Å². The van der Waals surface area contributed by atoms with Gasteiger partial charge in [-0.1, -0.05) is 31.9 Å². The minimum atomic E-state index is -0.183. The Labute approximate surface area is 174 Å². The lowest BCUT2D eigenvalue weighted by Gasteiger charge is -2.19. The zero-order valence-electron chi connectivity index (χ0n) is 16.9. The van der Waals surface area contributed by atoms with E-state index in [1.165, 1.54) is 4.90 Å². The summed E-state index contributed by atoms with van der Waals surface area (Å²) in [7, 11) is 0. The Morgan fingerprint density at radius 2 is 1.60 bits per heavy atom. The van der Waals surface area contributed by atoms with Crippen molar-refractivity contribution in [3.05, 3.63) is 59.9 Å². The van der Waals surface area contributed by atoms with E-state index in [2.05, 4.69) is 4.98 Å². The fourth-order valence-electron chi connectivity index (χ4n) is 4.84. The molecule has 1 aliphatic heterocycles. The molecule has 2 fully saturated rings. The Hall–Kier alpha value is -3.28. The summed E-state index contributed by atoms with van der Waals surface area (Å²) in [5, 5.41) is 0. The molecule has 0 bridgehead atoms. The highest BCUT2D eigenvalue weighted by atomic mass is 16.2. The first-order chi connectivity index (χ1) is 14.6. The van der Waals surface area contributed by atoms with E-state index >= 15 is 0 Å². The summed E-state index contributed by atoms with van der Waals surface area (Å²) >= 11 is 0. The molecule has 6 heteroatoms. The first-order valence-electron chi connectivity index (χ1n) is 10.6. The maximum atomic E-state index is 13.2. The van der Waals surface area contributed by atoms with E-state index in [0.29, 0.717) is 23.5 Å². The summed E-state index contributed by atoms with van der Waals surface area (Å²) in [6.07, 6.45) is 4.21. The van der Waals surface area contributed by atoms with Crippen LogP contribution < -0.4 is 4.90 Å². The quantitative estimate of drug-likeness (QED) is 0.623. The average Bonchev–Trinajstić information content (AvgIpc) is 3.29. The molecule has 2 amide bonds. The van der Waals surface area contributed by atoms with Crippen molar-refractivity contribution in [2.45, 2.75) is 39.0 Å². The predicted molar refractivity (Wildman–Crippen MR) is 113 cm³/mol. The number of imide groups is 1. The molecule has 3 aromatic rings. The van der Waals surface area contributed by atoms with Crippen molar-refractivity contribution in [3.8, 4) is 0 Å². The van der Waals surface area contributed by atoms with E-state index in [-0.39, 0.29) is 29.6 Å². The van der Waals surface area contributed by atoms with Crippen LogP contribution in [-0.2, 0) is 16.0 Å². The van der Waals surface area contributed by atoms with Crippen LogP contribution >= 0.6 is 0 Å². The molecule has 30 heavy (non-hydrogen) atoms. The molecule has 2 heterocycles. The van der Waals surface area contributed by atoms with Gasteiger partial charge in [-0.2, -0.15) is 0 Å². The van der Waals surface area contributed by atoms with Crippen molar-refractivity contribution in [2.75, 3.05) is 4.90 Å². The van der Waals surface area contributed by atoms with Gasteiger partial charge in [0.15, 0.2) is 0 Å². The van der Waals surface area contributed by atoms with Gasteiger partial charge in [0.1, 0.15) is 5.82 Å². The molecule has 0 spiro atoms. The topological polar surface area (TPSA) is 72.3 Å². The molecule has 2 aliphatic rings. The third-order valence-electron chi connectivity index (χ3n) is 6.36. The number of benzene rings is 2. The zero-order chi connectivity index (χ0) is 20.8. The van der Waals surface area contributed by atoms with Crippen LogP contribution in [-0.4, -0.2) is 27.3 Å². The molecule has 0 radical (unpaired) electrons. The first kappa shape index (κ1) is 18.7. The van der Waals surface area contributed by atoms with E-state index in [9.17, 15) is 14.4 Å². The second kappa shape index (κ2) is 7.20. The Morgan fingerprint density at radius 1 is 0.967 bits per heavy atom. The Kier molecular flexibility index (Phi) is 4.50. The maximum absolute atomic E-state index is 13.2. The lowest BCUT2D eigenvalue weighted by atomic mass is 9.81. The summed E-state index contributed by atoms with van der Waals surface area (Å²) in [6, 6.07) is 14.3. The third kappa shape index (κ3) is 2.78. The van der Waals surface area contributed by atoms with Gasteiger partial charge < -0.3 is 0 Å². The molecule has 1 saturated heterocycles. The van der Waals surface area contributed by atoms with E-state index in [0.717, 1.165) is 36.7 Å². The van der Waals surface area contributed by atoms with Crippen molar-refractivity contribution in [1.29, 1.82) is 0 Å². The van der Waals surface area contributed by atoms with Crippen LogP contribution in [0.4, 0.5) is 5.69 Å². The van der Waals surface area contributed by atoms with Gasteiger partial charge in [-0.15, -0.1) is 0 Å². The molecule has 0 N–H and O–H groups in total. The van der Waals surface area contributed by atoms with Crippen molar-refractivity contribution in [1.82, 2.24) is 9.55 Å². The number of carbonyl (C=O) groups is 3. The normalized spacial score (nSPS) is 21.3. The molecule has 1 aromatic heterocycles. The number of fused-ring (bicyclic) bond motifs is 2. The lowest BCUT2D eigenvalue weighted by molar-refractivity contribution is -0.122. The largest absolute Gasteiger partial charge is 0.274 e. The van der Waals surface area contributed by atoms with Crippen LogP contribution in [0.15, 0.2) is 48.5 Å². The van der Waals surface area contributed by atoms with Crippen LogP contribution in [0, 0.1) is 11.8 Å². The monoisotopic (exact) mass is 401 g/mol. The summed E-state index contributed by atoms with van der Waals surface area (Å²) < 4.78 is 1.64. The number of amides is 2. The number of nitrogens with zero attached hydrogens (tertiary/aromatic N) is 3. The van der Waals surface area contributed by atoms with Gasteiger partial charge in [-0.05, 0) is 49.2 Å². The van der Waals surface area contributed by atoms with Crippen LogP contribution in [0.25, 0.3) is 11.0 Å². The molecular formula is C24H23N3O3. The number of hydrogen-bond acceptors (Lipinski definition) is 4. The standard InChI is InChI=1S/C24H23N3O3/c1-2-21-25-19-9-5-6-10-20(19)27(21)22(28)15-11-13-16(14-12-15)26-23(29)17-7-3-4-8-18(17)24(26)30/h5-6,9-14,17-18H,2-4,7-8H2,1H3. The van der Waals surface area contributed by atoms with Crippen LogP contribution in [0.3, 0.4) is 0 Å². The highest BCUT2D eigenvalue weighted by Gasteiger charge is 2.48. The fraction of sp³-hybridized carbons (Fsp3) is 0.333. The smallest absolute Gasteiger partial charge is 0.263 e. The Balaban J connectivity index is 1.47. The van der Waals surface area contributed by atoms with Crippen molar-refractivity contribution in [2.24, 2.45) is 11.8 Å². The van der Waals surface area contributed by atoms with Crippen molar-refractivity contribution < 1.29 is 14.4 Å². The molecule has 5 rings (SSSR count). The number of carbonyl (C=O) groups excluding carboxylic acids is 3. The van der Waals surface area contributed by atoms with E-state index in [4.69, 9.17) is 0 Å². The highest BCUT2D eigenvalue weighted by Crippen LogP contribution is 2.40. The minimum absolute atomic E-state index is 0.0994. The van der Waals surface area contributed by atoms with Crippen LogP contribution in [0.1, 0.15) is 48.8 Å². The molecular weight excluding hydrogens is 378 g/mol. The third-order valence-corrected chi connectivity index (χ3v) is 6.36. The summed E-state index contributed by atoms with van der Waals surface area (Å²) in [4.78, 5) is 44.7. The summed E-state index contributed by atoms with van der Waals surface area (Å²) in [5.74, 6) is -0.0247. The molecule has 2 unspecified atom stereocenters. The van der Waals surface area contributed by atoms with E-state index < -0.39 is 0 Å². The van der Waals surface area contributed by atoms with E-state index in [1.807, 2.05) is 31.2 Å². The highest BCUT2D eigenvalue weighted by molar-refractivity contribution is 6.22. The van der Waals surface area contributed by atoms with Crippen molar-refractivity contribution >= 4 is 34.4 Å². The second-order valence-corrected chi connectivity index (χ2v) is 8.07. The second-order valence-electron chi connectivity index (χ2n) is 8.07. The number of imidazole rings is 1. The molecule has 1 aliphatic carbocycles. The number of para-hydroxylation sites is 2. The molecule has 6 nitrogen and oxygen atoms in total. The number of hydrogen-bond donors (Lipinski definition) is 0. The average molecular weight is 401 g/mol. The first-order valence-corrected chi connectivity index (χ1v) is 10.6. The van der Waals surface area contributed by atoms with Gasteiger partial charge in [0, 0.05) is 12.0 Å². The number of aromatic nitrogens is 2. The molecule has 1 saturated carbocycles. The maximum Gasteiger partial charge on any atom is 0.263 e. The molecule has 152 valence electrons. The molecule has 2 atom stereocenters. The molecule has 2 aromatic carbocycles. The lowest BCUT2D eigenvalue weighted by Crippen LogP contribution is -2.30. The Morgan fingerprint density at radius 3 is 2.23 bits per heavy atom. The predicted octanol–water partition coefficient (Wildman–Crippen LogP) is 3.97. The SMILES string of the molecule is CCc1nc2ccccc2n1C(=O)c1ccc(N2C(=O)C3CCCCC3C2=O)cc1. The minimum Gasteiger partial charge on any atom is -0.274 e. The van der Waals surface area contributed by atoms with Gasteiger partial charge in [0.25, 0.3) is 5.91 Å². The van der Waals surface area contributed by atoms with Gasteiger partial charge in [-0.3, -0.25) is 23.9 Å². The van der Waals surface area contributed by atoms with Crippen molar-refractivity contribution in [3.63, 3.8) is 0 Å². The number of rotatable bonds is 3. The van der Waals surface area contributed by atoms with Gasteiger partial charge >= 0.3 is 0 Å². The number of aryl methyl sites for hydroxylation is 1. The summed E-state index contributed by atoms with van der Waals surface area (Å²) in [6.45, 7) is 1.97. The fourth-order valence-corrected chi connectivity index (χ4v) is 4.84. The van der Waals surface area contributed by atoms with Crippen LogP contribution in [0.5, 0.6) is 0 Å². The van der Waals surface area contributed by atoms with E-state index in [1.54, 1.807) is 28.8 Å².